The number of allylic oxidation sites excluding steroid dienone is 4. The van der Waals surface area contributed by atoms with Crippen LogP contribution in [0.15, 0.2) is 22.8 Å². The largest absolute Gasteiger partial charge is 0.0656 e. The Morgan fingerprint density at radius 3 is 2.31 bits per heavy atom. The van der Waals surface area contributed by atoms with Gasteiger partial charge in [0, 0.05) is 0 Å². The van der Waals surface area contributed by atoms with Crippen LogP contribution in [0.3, 0.4) is 0 Å². The third-order valence-corrected chi connectivity index (χ3v) is 4.07. The fourth-order valence-electron chi connectivity index (χ4n) is 3.03. The number of rotatable bonds is 8. The van der Waals surface area contributed by atoms with Crippen molar-refractivity contribution >= 4 is 0 Å². The van der Waals surface area contributed by atoms with Crippen LogP contribution in [0.25, 0.3) is 0 Å². The predicted octanol–water partition coefficient (Wildman–Crippen LogP) is 5.55. The molecule has 0 aliphatic heterocycles. The Morgan fingerprint density at radius 1 is 0.938 bits per heavy atom. The molecule has 0 amide bonds. The topological polar surface area (TPSA) is 0 Å². The molecule has 0 heterocycles. The summed E-state index contributed by atoms with van der Waals surface area (Å²) >= 11 is 0. The third-order valence-electron chi connectivity index (χ3n) is 4.07. The Bertz CT molecular complexity index is 280. The van der Waals surface area contributed by atoms with Gasteiger partial charge in [0.25, 0.3) is 0 Å². The molecule has 0 nitrogen and oxygen atoms in total. The van der Waals surface area contributed by atoms with Crippen LogP contribution < -0.4 is 0 Å². The normalized spacial score (nSPS) is 18.4. The second-order valence-electron chi connectivity index (χ2n) is 5.48. The number of hydrogen-bond acceptors (Lipinski definition) is 0. The van der Waals surface area contributed by atoms with Gasteiger partial charge in [-0.15, -0.1) is 0 Å². The van der Waals surface area contributed by atoms with E-state index in [0.717, 1.165) is 0 Å². The second-order valence-corrected chi connectivity index (χ2v) is 5.48. The van der Waals surface area contributed by atoms with Gasteiger partial charge in [-0.1, -0.05) is 62.7 Å². The number of fused-ring (bicyclic) bond motifs is 2. The molecule has 0 spiro atoms. The van der Waals surface area contributed by atoms with Gasteiger partial charge in [0.15, 0.2) is 0 Å². The number of unbranched alkanes of at least 4 members (excludes halogenated alkanes) is 6. The molecule has 0 atom stereocenters. The van der Waals surface area contributed by atoms with E-state index in [1.165, 1.54) is 70.6 Å². The summed E-state index contributed by atoms with van der Waals surface area (Å²) in [5.41, 5.74) is 5.21. The van der Waals surface area contributed by atoms with Crippen molar-refractivity contribution in [1.29, 1.82) is 0 Å². The van der Waals surface area contributed by atoms with E-state index in [1.54, 1.807) is 16.7 Å². The Kier molecular flexibility index (Phi) is 4.69. The van der Waals surface area contributed by atoms with Gasteiger partial charge >= 0.3 is 0 Å². The standard InChI is InChI=1S/C16H26/c1-2-3-4-5-6-7-8-9-15-12-14-10-11-16(15)13-14/h12H,2-11,13H2,1H3. The lowest BCUT2D eigenvalue weighted by Crippen LogP contribution is -1.87. The van der Waals surface area contributed by atoms with E-state index >= 15 is 0 Å². The fraction of sp³-hybridized carbons (Fsp3) is 0.750. The van der Waals surface area contributed by atoms with Crippen molar-refractivity contribution in [3.63, 3.8) is 0 Å². The first-order valence-corrected chi connectivity index (χ1v) is 7.30. The van der Waals surface area contributed by atoms with Crippen LogP contribution in [-0.4, -0.2) is 0 Å². The molecule has 90 valence electrons. The molecule has 2 aliphatic rings. The minimum atomic E-state index is 1.34. The van der Waals surface area contributed by atoms with Crippen LogP contribution in [0.1, 0.15) is 77.6 Å². The first kappa shape index (κ1) is 12.0. The first-order valence-electron chi connectivity index (χ1n) is 7.30. The monoisotopic (exact) mass is 218 g/mol. The summed E-state index contributed by atoms with van der Waals surface area (Å²) < 4.78 is 0. The summed E-state index contributed by atoms with van der Waals surface area (Å²) in [6.45, 7) is 2.29. The van der Waals surface area contributed by atoms with Gasteiger partial charge in [0.1, 0.15) is 0 Å². The Balaban J connectivity index is 1.51. The van der Waals surface area contributed by atoms with E-state index in [0.29, 0.717) is 0 Å². The minimum absolute atomic E-state index is 1.34. The second kappa shape index (κ2) is 6.27. The SMILES string of the molecule is CCCCCCCCCC1=C2CCC(=C1)C2. The van der Waals surface area contributed by atoms with Crippen LogP contribution >= 0.6 is 0 Å². The quantitative estimate of drug-likeness (QED) is 0.469. The van der Waals surface area contributed by atoms with E-state index in [2.05, 4.69) is 13.0 Å². The highest BCUT2D eigenvalue weighted by Gasteiger charge is 2.21. The first-order chi connectivity index (χ1) is 7.90. The van der Waals surface area contributed by atoms with Crippen molar-refractivity contribution in [2.75, 3.05) is 0 Å². The molecular weight excluding hydrogens is 192 g/mol. The molecule has 0 N–H and O–H groups in total. The van der Waals surface area contributed by atoms with Crippen molar-refractivity contribution in [1.82, 2.24) is 0 Å². The van der Waals surface area contributed by atoms with Gasteiger partial charge in [-0.3, -0.25) is 0 Å². The van der Waals surface area contributed by atoms with Gasteiger partial charge in [-0.25, -0.2) is 0 Å². The van der Waals surface area contributed by atoms with Crippen LogP contribution in [0, 0.1) is 0 Å². The van der Waals surface area contributed by atoms with Crippen molar-refractivity contribution < 1.29 is 0 Å². The summed E-state index contributed by atoms with van der Waals surface area (Å²) in [6, 6.07) is 0. The Hall–Kier alpha value is -0.520. The lowest BCUT2D eigenvalue weighted by molar-refractivity contribution is 0.589. The van der Waals surface area contributed by atoms with Gasteiger partial charge in [-0.05, 0) is 37.7 Å². The zero-order valence-corrected chi connectivity index (χ0v) is 10.9. The van der Waals surface area contributed by atoms with Crippen molar-refractivity contribution in [3.8, 4) is 0 Å². The third kappa shape index (κ3) is 3.23. The van der Waals surface area contributed by atoms with Gasteiger partial charge in [0.2, 0.25) is 0 Å². The van der Waals surface area contributed by atoms with E-state index in [1.807, 2.05) is 0 Å². The predicted molar refractivity (Wildman–Crippen MR) is 71.6 cm³/mol. The highest BCUT2D eigenvalue weighted by molar-refractivity contribution is 5.43. The smallest absolute Gasteiger partial charge is 0.00992 e. The fourth-order valence-corrected chi connectivity index (χ4v) is 3.03. The van der Waals surface area contributed by atoms with Gasteiger partial charge in [0.05, 0.1) is 0 Å². The minimum Gasteiger partial charge on any atom is -0.0656 e. The van der Waals surface area contributed by atoms with Gasteiger partial charge in [-0.2, -0.15) is 0 Å². The molecule has 0 unspecified atom stereocenters. The summed E-state index contributed by atoms with van der Waals surface area (Å²) in [7, 11) is 0. The lowest BCUT2D eigenvalue weighted by Gasteiger charge is -2.06. The molecule has 1 fully saturated rings. The van der Waals surface area contributed by atoms with Crippen LogP contribution in [-0.2, 0) is 0 Å². The van der Waals surface area contributed by atoms with E-state index < -0.39 is 0 Å². The Labute approximate surface area is 101 Å². The maximum atomic E-state index is 2.50. The molecule has 2 aliphatic carbocycles. The highest BCUT2D eigenvalue weighted by Crippen LogP contribution is 2.40. The van der Waals surface area contributed by atoms with Crippen LogP contribution in [0.2, 0.25) is 0 Å². The zero-order valence-electron chi connectivity index (χ0n) is 10.9. The molecule has 0 aromatic carbocycles. The zero-order chi connectivity index (χ0) is 11.2. The van der Waals surface area contributed by atoms with E-state index in [4.69, 9.17) is 0 Å². The molecule has 16 heavy (non-hydrogen) atoms. The van der Waals surface area contributed by atoms with Crippen molar-refractivity contribution in [2.45, 2.75) is 77.6 Å². The summed E-state index contributed by atoms with van der Waals surface area (Å²) in [6.07, 6.45) is 18.0. The summed E-state index contributed by atoms with van der Waals surface area (Å²) in [5.74, 6) is 0. The average Bonchev–Trinajstić information content (AvgIpc) is 2.90. The van der Waals surface area contributed by atoms with E-state index in [-0.39, 0.29) is 0 Å². The molecule has 2 rings (SSSR count). The molecule has 0 radical (unpaired) electrons. The lowest BCUT2D eigenvalue weighted by atomic mass is 10.00. The molecule has 0 saturated heterocycles. The molecule has 1 saturated carbocycles. The van der Waals surface area contributed by atoms with E-state index in [9.17, 15) is 0 Å². The molecule has 0 aromatic heterocycles. The van der Waals surface area contributed by atoms with Gasteiger partial charge < -0.3 is 0 Å². The molecule has 0 heteroatoms. The molecule has 2 bridgehead atoms. The van der Waals surface area contributed by atoms with Crippen molar-refractivity contribution in [2.24, 2.45) is 0 Å². The molecular formula is C16H26. The average molecular weight is 218 g/mol. The van der Waals surface area contributed by atoms with Crippen LogP contribution in [0.5, 0.6) is 0 Å². The maximum absolute atomic E-state index is 2.50. The highest BCUT2D eigenvalue weighted by atomic mass is 14.3. The number of hydrogen-bond donors (Lipinski definition) is 0. The summed E-state index contributed by atoms with van der Waals surface area (Å²) in [5, 5.41) is 0. The summed E-state index contributed by atoms with van der Waals surface area (Å²) in [4.78, 5) is 0. The molecule has 0 aromatic rings. The van der Waals surface area contributed by atoms with Crippen LogP contribution in [0.4, 0.5) is 0 Å². The maximum Gasteiger partial charge on any atom is -0.00992 e. The van der Waals surface area contributed by atoms with Crippen molar-refractivity contribution in [3.05, 3.63) is 22.8 Å². The Morgan fingerprint density at radius 2 is 1.69 bits per heavy atom.